The quantitative estimate of drug-likeness (QED) is 0.274. The number of benzene rings is 2. The molecular formula is C28H32N2O5S2. The minimum Gasteiger partial charge on any atom is -0.493 e. The molecule has 0 atom stereocenters. The summed E-state index contributed by atoms with van der Waals surface area (Å²) in [7, 11) is -0.692. The molecule has 7 nitrogen and oxygen atoms in total. The lowest BCUT2D eigenvalue weighted by molar-refractivity contribution is -0.131. The Morgan fingerprint density at radius 3 is 2.43 bits per heavy atom. The van der Waals surface area contributed by atoms with Crippen molar-refractivity contribution in [3.8, 4) is 11.5 Å². The lowest BCUT2D eigenvalue weighted by Crippen LogP contribution is -2.42. The maximum Gasteiger partial charge on any atom is 0.238 e. The van der Waals surface area contributed by atoms with Crippen molar-refractivity contribution < 1.29 is 22.7 Å². The van der Waals surface area contributed by atoms with Gasteiger partial charge in [0.15, 0.2) is 11.5 Å². The molecule has 1 heterocycles. The van der Waals surface area contributed by atoms with Crippen LogP contribution in [-0.2, 0) is 27.8 Å². The minimum absolute atomic E-state index is 0.0235. The highest BCUT2D eigenvalue weighted by Crippen LogP contribution is 2.28. The fourth-order valence-electron chi connectivity index (χ4n) is 3.65. The largest absolute Gasteiger partial charge is 0.493 e. The molecule has 0 fully saturated rings. The summed E-state index contributed by atoms with van der Waals surface area (Å²) in [5.41, 5.74) is 1.73. The highest BCUT2D eigenvalue weighted by molar-refractivity contribution is 7.92. The average molecular weight is 541 g/mol. The van der Waals surface area contributed by atoms with E-state index in [-0.39, 0.29) is 19.0 Å². The van der Waals surface area contributed by atoms with E-state index in [4.69, 9.17) is 9.47 Å². The van der Waals surface area contributed by atoms with E-state index >= 15 is 0 Å². The first-order chi connectivity index (χ1) is 17.9. The van der Waals surface area contributed by atoms with Gasteiger partial charge in [-0.15, -0.1) is 17.9 Å². The monoisotopic (exact) mass is 540 g/mol. The summed E-state index contributed by atoms with van der Waals surface area (Å²) in [6.45, 7) is 4.22. The number of amides is 1. The van der Waals surface area contributed by atoms with Crippen LogP contribution >= 0.6 is 11.3 Å². The summed E-state index contributed by atoms with van der Waals surface area (Å²) < 4.78 is 38.0. The van der Waals surface area contributed by atoms with E-state index in [2.05, 4.69) is 6.58 Å². The van der Waals surface area contributed by atoms with Gasteiger partial charge in [0, 0.05) is 23.4 Å². The van der Waals surface area contributed by atoms with E-state index in [1.165, 1.54) is 12.2 Å². The zero-order valence-electron chi connectivity index (χ0n) is 21.1. The van der Waals surface area contributed by atoms with Crippen LogP contribution in [0.4, 0.5) is 0 Å². The fraction of sp³-hybridized carbons (Fsp3) is 0.250. The number of rotatable bonds is 14. The van der Waals surface area contributed by atoms with Gasteiger partial charge in [0.2, 0.25) is 15.9 Å². The van der Waals surface area contributed by atoms with Crippen molar-refractivity contribution in [2.75, 3.05) is 33.9 Å². The molecule has 9 heteroatoms. The Morgan fingerprint density at radius 2 is 1.78 bits per heavy atom. The van der Waals surface area contributed by atoms with Gasteiger partial charge < -0.3 is 14.4 Å². The molecule has 0 saturated carbocycles. The summed E-state index contributed by atoms with van der Waals surface area (Å²) in [6.07, 6.45) is 3.57. The smallest absolute Gasteiger partial charge is 0.238 e. The van der Waals surface area contributed by atoms with Crippen molar-refractivity contribution in [2.24, 2.45) is 0 Å². The Balaban J connectivity index is 1.77. The first-order valence-electron chi connectivity index (χ1n) is 11.7. The number of sulfonamides is 1. The SMILES string of the molecule is C=CCN(CC(=O)N(CCc1ccc(OC)c(OC)c1)Cc1cccs1)S(=O)(=O)/C=C/c1ccccc1. The van der Waals surface area contributed by atoms with Crippen molar-refractivity contribution in [1.82, 2.24) is 9.21 Å². The van der Waals surface area contributed by atoms with Crippen molar-refractivity contribution >= 4 is 33.3 Å². The van der Waals surface area contributed by atoms with E-state index in [1.807, 2.05) is 66.0 Å². The molecule has 0 saturated heterocycles. The summed E-state index contributed by atoms with van der Waals surface area (Å²) in [5.74, 6) is 0.962. The fourth-order valence-corrected chi connectivity index (χ4v) is 5.48. The second kappa shape index (κ2) is 13.8. The number of nitrogens with zero attached hydrogens (tertiary/aromatic N) is 2. The zero-order valence-corrected chi connectivity index (χ0v) is 22.7. The second-order valence-corrected chi connectivity index (χ2v) is 11.0. The molecular weight excluding hydrogens is 508 g/mol. The van der Waals surface area contributed by atoms with Gasteiger partial charge in [-0.2, -0.15) is 4.31 Å². The Hall–Kier alpha value is -3.40. The highest BCUT2D eigenvalue weighted by atomic mass is 32.2. The Morgan fingerprint density at radius 1 is 1.03 bits per heavy atom. The summed E-state index contributed by atoms with van der Waals surface area (Å²) in [5, 5.41) is 3.08. The summed E-state index contributed by atoms with van der Waals surface area (Å²) in [6, 6.07) is 18.7. The number of hydrogen-bond acceptors (Lipinski definition) is 6. The van der Waals surface area contributed by atoms with Crippen LogP contribution < -0.4 is 9.47 Å². The maximum absolute atomic E-state index is 13.4. The van der Waals surface area contributed by atoms with E-state index in [0.717, 1.165) is 25.7 Å². The van der Waals surface area contributed by atoms with Crippen LogP contribution in [0.15, 0.2) is 84.1 Å². The van der Waals surface area contributed by atoms with Crippen molar-refractivity contribution in [2.45, 2.75) is 13.0 Å². The van der Waals surface area contributed by atoms with Crippen LogP contribution in [0.5, 0.6) is 11.5 Å². The highest BCUT2D eigenvalue weighted by Gasteiger charge is 2.24. The molecule has 196 valence electrons. The van der Waals surface area contributed by atoms with E-state index in [0.29, 0.717) is 31.0 Å². The van der Waals surface area contributed by atoms with Gasteiger partial charge >= 0.3 is 0 Å². The van der Waals surface area contributed by atoms with Gasteiger partial charge in [0.25, 0.3) is 0 Å². The van der Waals surface area contributed by atoms with E-state index in [9.17, 15) is 13.2 Å². The van der Waals surface area contributed by atoms with Gasteiger partial charge in [-0.3, -0.25) is 4.79 Å². The van der Waals surface area contributed by atoms with Crippen molar-refractivity contribution in [3.63, 3.8) is 0 Å². The van der Waals surface area contributed by atoms with E-state index in [1.54, 1.807) is 30.5 Å². The molecule has 0 radical (unpaired) electrons. The third-order valence-electron chi connectivity index (χ3n) is 5.63. The maximum atomic E-state index is 13.4. The number of thiophene rings is 1. The standard InChI is InChI=1S/C28H32N2O5S2/c1-4-16-30(37(32,33)19-15-23-9-6-5-7-10-23)22-28(31)29(21-25-11-8-18-36-25)17-14-24-12-13-26(34-2)27(20-24)35-3/h4-13,15,18-20H,1,14,16-17,21-22H2,2-3H3/b19-15+. The lowest BCUT2D eigenvalue weighted by Gasteiger charge is -2.26. The minimum atomic E-state index is -3.85. The van der Waals surface area contributed by atoms with Crippen molar-refractivity contribution in [3.05, 3.63) is 100 Å². The van der Waals surface area contributed by atoms with Gasteiger partial charge in [-0.1, -0.05) is 48.5 Å². The van der Waals surface area contributed by atoms with Crippen LogP contribution in [-0.4, -0.2) is 57.4 Å². The molecule has 1 amide bonds. The second-order valence-electron chi connectivity index (χ2n) is 8.17. The van der Waals surface area contributed by atoms with Gasteiger partial charge in [0.1, 0.15) is 0 Å². The third kappa shape index (κ3) is 8.31. The van der Waals surface area contributed by atoms with Crippen LogP contribution in [0.3, 0.4) is 0 Å². The summed E-state index contributed by atoms with van der Waals surface area (Å²) in [4.78, 5) is 16.1. The molecule has 2 aromatic carbocycles. The van der Waals surface area contributed by atoms with Gasteiger partial charge in [-0.25, -0.2) is 8.42 Å². The zero-order chi connectivity index (χ0) is 26.7. The predicted molar refractivity (Wildman–Crippen MR) is 149 cm³/mol. The molecule has 3 rings (SSSR count). The van der Waals surface area contributed by atoms with Crippen LogP contribution in [0, 0.1) is 0 Å². The molecule has 1 aromatic heterocycles. The summed E-state index contributed by atoms with van der Waals surface area (Å²) >= 11 is 1.55. The number of carbonyl (C=O) groups is 1. The first kappa shape index (κ1) is 28.2. The Bertz CT molecular complexity index is 1290. The molecule has 0 N–H and O–H groups in total. The van der Waals surface area contributed by atoms with Gasteiger partial charge in [0.05, 0.1) is 27.3 Å². The molecule has 0 aliphatic rings. The van der Waals surface area contributed by atoms with E-state index < -0.39 is 10.0 Å². The molecule has 37 heavy (non-hydrogen) atoms. The van der Waals surface area contributed by atoms with Crippen LogP contribution in [0.25, 0.3) is 6.08 Å². The molecule has 0 aliphatic heterocycles. The topological polar surface area (TPSA) is 76.2 Å². The molecule has 0 spiro atoms. The Kier molecular flexibility index (Phi) is 10.5. The number of hydrogen-bond donors (Lipinski definition) is 0. The first-order valence-corrected chi connectivity index (χ1v) is 14.1. The molecule has 3 aromatic rings. The predicted octanol–water partition coefficient (Wildman–Crippen LogP) is 4.83. The molecule has 0 unspecified atom stereocenters. The molecule has 0 aliphatic carbocycles. The average Bonchev–Trinajstić information content (AvgIpc) is 3.43. The van der Waals surface area contributed by atoms with Crippen molar-refractivity contribution in [1.29, 1.82) is 0 Å². The number of carbonyl (C=O) groups excluding carboxylic acids is 1. The van der Waals surface area contributed by atoms with Crippen LogP contribution in [0.2, 0.25) is 0 Å². The lowest BCUT2D eigenvalue weighted by atomic mass is 10.1. The normalized spacial score (nSPS) is 11.5. The molecule has 0 bridgehead atoms. The number of ether oxygens (including phenoxy) is 2. The van der Waals surface area contributed by atoms with Gasteiger partial charge in [-0.05, 0) is 47.2 Å². The number of methoxy groups -OCH3 is 2. The Labute approximate surface area is 223 Å². The van der Waals surface area contributed by atoms with Crippen LogP contribution in [0.1, 0.15) is 16.0 Å². The third-order valence-corrected chi connectivity index (χ3v) is 7.97.